The Morgan fingerprint density at radius 2 is 2.05 bits per heavy atom. The van der Waals surface area contributed by atoms with Crippen LogP contribution in [0.5, 0.6) is 0 Å². The van der Waals surface area contributed by atoms with Crippen molar-refractivity contribution in [3.63, 3.8) is 0 Å². The van der Waals surface area contributed by atoms with Crippen molar-refractivity contribution >= 4 is 11.8 Å². The Balaban J connectivity index is 2.79. The van der Waals surface area contributed by atoms with Gasteiger partial charge in [-0.05, 0) is 27.7 Å². The molecule has 1 rings (SSSR count). The first-order chi connectivity index (χ1) is 8.74. The molecule has 1 aromatic heterocycles. The molecule has 6 heteroatoms. The van der Waals surface area contributed by atoms with Crippen LogP contribution in [0.2, 0.25) is 0 Å². The Labute approximate surface area is 119 Å². The number of nitrogens with zero attached hydrogens (tertiary/aromatic N) is 2. The minimum atomic E-state index is -0.691. The Hall–Kier alpha value is -0.560. The van der Waals surface area contributed by atoms with Crippen molar-refractivity contribution in [1.29, 1.82) is 0 Å². The van der Waals surface area contributed by atoms with Gasteiger partial charge in [0.2, 0.25) is 0 Å². The monoisotopic (exact) mass is 287 g/mol. The molecule has 5 nitrogen and oxygen atoms in total. The number of hydrogen-bond acceptors (Lipinski definition) is 5. The lowest BCUT2D eigenvalue weighted by Gasteiger charge is -2.21. The molecule has 0 aliphatic heterocycles. The molecule has 3 N–H and O–H groups in total. The van der Waals surface area contributed by atoms with Crippen molar-refractivity contribution in [2.45, 2.75) is 50.9 Å². The smallest absolute Gasteiger partial charge is 0.0985 e. The first-order valence-electron chi connectivity index (χ1n) is 6.44. The van der Waals surface area contributed by atoms with E-state index in [1.54, 1.807) is 0 Å². The van der Waals surface area contributed by atoms with Gasteiger partial charge >= 0.3 is 0 Å². The summed E-state index contributed by atoms with van der Waals surface area (Å²) in [6.45, 7) is 8.91. The van der Waals surface area contributed by atoms with E-state index in [0.29, 0.717) is 5.75 Å². The molecular formula is C13H25N3O2S. The van der Waals surface area contributed by atoms with Gasteiger partial charge in [0.1, 0.15) is 0 Å². The average molecular weight is 287 g/mol. The average Bonchev–Trinajstić information content (AvgIpc) is 2.57. The molecule has 0 spiro atoms. The topological polar surface area (TPSA) is 70.3 Å². The first-order valence-corrected chi connectivity index (χ1v) is 7.42. The number of aliphatic hydroxyl groups is 2. The highest BCUT2D eigenvalue weighted by Gasteiger charge is 2.17. The summed E-state index contributed by atoms with van der Waals surface area (Å²) in [6, 6.07) is 0. The van der Waals surface area contributed by atoms with Crippen molar-refractivity contribution in [1.82, 2.24) is 15.1 Å². The molecule has 0 fully saturated rings. The zero-order chi connectivity index (χ0) is 14.6. The molecule has 0 bridgehead atoms. The van der Waals surface area contributed by atoms with Crippen LogP contribution in [0.25, 0.3) is 0 Å². The third-order valence-electron chi connectivity index (χ3n) is 2.71. The van der Waals surface area contributed by atoms with E-state index in [2.05, 4.69) is 31.2 Å². The van der Waals surface area contributed by atoms with E-state index in [9.17, 15) is 5.11 Å². The maximum Gasteiger partial charge on any atom is 0.0985 e. The van der Waals surface area contributed by atoms with Crippen LogP contribution >= 0.6 is 11.8 Å². The lowest BCUT2D eigenvalue weighted by molar-refractivity contribution is 0.113. The number of rotatable bonds is 6. The zero-order valence-electron chi connectivity index (χ0n) is 12.4. The maximum absolute atomic E-state index is 9.45. The number of aryl methyl sites for hydroxylation is 2. The van der Waals surface area contributed by atoms with Crippen LogP contribution in [0.3, 0.4) is 0 Å². The van der Waals surface area contributed by atoms with Gasteiger partial charge in [0, 0.05) is 30.4 Å². The first kappa shape index (κ1) is 16.5. The third-order valence-corrected chi connectivity index (χ3v) is 4.04. The van der Waals surface area contributed by atoms with Gasteiger partial charge in [-0.25, -0.2) is 0 Å². The molecule has 0 saturated heterocycles. The molecule has 0 saturated carbocycles. The molecule has 1 aromatic rings. The van der Waals surface area contributed by atoms with Crippen LogP contribution in [0.15, 0.2) is 5.03 Å². The molecule has 19 heavy (non-hydrogen) atoms. The fraction of sp³-hybridized carbons (Fsp3) is 0.769. The van der Waals surface area contributed by atoms with E-state index in [1.807, 2.05) is 18.7 Å². The second-order valence-corrected chi connectivity index (χ2v) is 6.75. The fourth-order valence-corrected chi connectivity index (χ4v) is 2.72. The quantitative estimate of drug-likeness (QED) is 0.683. The Kier molecular flexibility index (Phi) is 5.85. The molecule has 0 radical (unpaired) electrons. The van der Waals surface area contributed by atoms with Crippen molar-refractivity contribution in [2.24, 2.45) is 7.05 Å². The minimum absolute atomic E-state index is 0.0504. The Morgan fingerprint density at radius 3 is 2.58 bits per heavy atom. The van der Waals surface area contributed by atoms with Crippen LogP contribution in [0.1, 0.15) is 32.0 Å². The van der Waals surface area contributed by atoms with Gasteiger partial charge in [-0.15, -0.1) is 11.8 Å². The molecule has 0 aliphatic carbocycles. The van der Waals surface area contributed by atoms with E-state index in [1.165, 1.54) is 11.8 Å². The maximum atomic E-state index is 9.45. The molecule has 0 aliphatic rings. The summed E-state index contributed by atoms with van der Waals surface area (Å²) in [5.74, 6) is 0.470. The lowest BCUT2D eigenvalue weighted by Crippen LogP contribution is -2.35. The molecule has 0 aromatic carbocycles. The van der Waals surface area contributed by atoms with E-state index < -0.39 is 6.10 Å². The van der Waals surface area contributed by atoms with Crippen LogP contribution in [-0.2, 0) is 13.6 Å². The summed E-state index contributed by atoms with van der Waals surface area (Å²) in [6.07, 6.45) is -0.691. The molecule has 1 heterocycles. The van der Waals surface area contributed by atoms with Gasteiger partial charge < -0.3 is 15.5 Å². The highest BCUT2D eigenvalue weighted by atomic mass is 32.2. The van der Waals surface area contributed by atoms with Crippen molar-refractivity contribution in [2.75, 3.05) is 12.4 Å². The molecule has 1 atom stereocenters. The van der Waals surface area contributed by atoms with Gasteiger partial charge in [-0.2, -0.15) is 5.10 Å². The van der Waals surface area contributed by atoms with E-state index in [4.69, 9.17) is 5.11 Å². The summed E-state index contributed by atoms with van der Waals surface area (Å²) in [5, 5.41) is 27.2. The van der Waals surface area contributed by atoms with Crippen molar-refractivity contribution < 1.29 is 10.2 Å². The molecular weight excluding hydrogens is 262 g/mol. The van der Waals surface area contributed by atoms with Crippen LogP contribution in [0.4, 0.5) is 0 Å². The standard InChI is InChI=1S/C13H25N3O2S/c1-9-11(6-14-13(2,3)4)12(16(5)15-9)19-8-10(18)7-17/h10,14,17-18H,6-8H2,1-5H3. The zero-order valence-corrected chi connectivity index (χ0v) is 13.2. The van der Waals surface area contributed by atoms with Gasteiger partial charge in [-0.3, -0.25) is 4.68 Å². The normalized spacial score (nSPS) is 13.8. The molecule has 110 valence electrons. The van der Waals surface area contributed by atoms with Crippen LogP contribution in [-0.4, -0.2) is 44.0 Å². The highest BCUT2D eigenvalue weighted by molar-refractivity contribution is 7.99. The molecule has 0 amide bonds. The fourth-order valence-electron chi connectivity index (χ4n) is 1.65. The van der Waals surface area contributed by atoms with Crippen LogP contribution in [0, 0.1) is 6.92 Å². The minimum Gasteiger partial charge on any atom is -0.394 e. The number of aromatic nitrogens is 2. The van der Waals surface area contributed by atoms with E-state index in [-0.39, 0.29) is 12.1 Å². The van der Waals surface area contributed by atoms with Gasteiger partial charge in [0.15, 0.2) is 0 Å². The summed E-state index contributed by atoms with van der Waals surface area (Å²) >= 11 is 1.53. The molecule has 1 unspecified atom stereocenters. The Morgan fingerprint density at radius 1 is 1.42 bits per heavy atom. The van der Waals surface area contributed by atoms with Crippen LogP contribution < -0.4 is 5.32 Å². The Bertz CT molecular complexity index is 413. The summed E-state index contributed by atoms with van der Waals surface area (Å²) < 4.78 is 1.84. The van der Waals surface area contributed by atoms with Gasteiger partial charge in [-0.1, -0.05) is 0 Å². The van der Waals surface area contributed by atoms with Gasteiger partial charge in [0.25, 0.3) is 0 Å². The van der Waals surface area contributed by atoms with E-state index in [0.717, 1.165) is 22.8 Å². The van der Waals surface area contributed by atoms with Crippen molar-refractivity contribution in [3.05, 3.63) is 11.3 Å². The summed E-state index contributed by atoms with van der Waals surface area (Å²) in [7, 11) is 1.90. The van der Waals surface area contributed by atoms with Crippen molar-refractivity contribution in [3.8, 4) is 0 Å². The predicted octanol–water partition coefficient (Wildman–Crippen LogP) is 1.06. The third kappa shape index (κ3) is 5.14. The SMILES string of the molecule is Cc1nn(C)c(SCC(O)CO)c1CNC(C)(C)C. The lowest BCUT2D eigenvalue weighted by atomic mass is 10.1. The summed E-state index contributed by atoms with van der Waals surface area (Å²) in [5.41, 5.74) is 2.21. The number of thioether (sulfide) groups is 1. The van der Waals surface area contributed by atoms with Gasteiger partial charge in [0.05, 0.1) is 23.4 Å². The van der Waals surface area contributed by atoms with E-state index >= 15 is 0 Å². The summed E-state index contributed by atoms with van der Waals surface area (Å²) in [4.78, 5) is 0. The predicted molar refractivity (Wildman–Crippen MR) is 78.4 cm³/mol. The second-order valence-electron chi connectivity index (χ2n) is 5.74. The number of nitrogens with one attached hydrogen (secondary N) is 1. The number of hydrogen-bond donors (Lipinski definition) is 3. The largest absolute Gasteiger partial charge is 0.394 e. The number of aliphatic hydroxyl groups excluding tert-OH is 2. The highest BCUT2D eigenvalue weighted by Crippen LogP contribution is 2.25. The second kappa shape index (κ2) is 6.74.